The molecule has 16 heavy (non-hydrogen) atoms. The van der Waals surface area contributed by atoms with E-state index in [-0.39, 0.29) is 0 Å². The Hall–Kier alpha value is -0.870. The van der Waals surface area contributed by atoms with Crippen LogP contribution in [0.15, 0.2) is 6.20 Å². The number of nitrogens with zero attached hydrogens (tertiary/aromatic N) is 2. The lowest BCUT2D eigenvalue weighted by Crippen LogP contribution is -2.31. The predicted octanol–water partition coefficient (Wildman–Crippen LogP) is 1.05. The molecule has 4 heteroatoms. The topological polar surface area (TPSA) is 55.9 Å². The number of hydrogen-bond acceptors (Lipinski definition) is 3. The summed E-state index contributed by atoms with van der Waals surface area (Å²) in [5, 5.41) is 7.77. The summed E-state index contributed by atoms with van der Waals surface area (Å²) in [7, 11) is 1.95. The standard InChI is InChI=1S/C12H24N4/c1-9(2)11(5-13)6-14-7-12-8-16(4)15-10(12)3/h8-9,11,14H,5-7,13H2,1-4H3. The molecule has 4 nitrogen and oxygen atoms in total. The lowest BCUT2D eigenvalue weighted by molar-refractivity contribution is 0.370. The van der Waals surface area contributed by atoms with Crippen molar-refractivity contribution in [3.8, 4) is 0 Å². The molecular weight excluding hydrogens is 200 g/mol. The third kappa shape index (κ3) is 3.61. The second-order valence-corrected chi connectivity index (χ2v) is 4.78. The highest BCUT2D eigenvalue weighted by atomic mass is 15.2. The van der Waals surface area contributed by atoms with Gasteiger partial charge in [0.2, 0.25) is 0 Å². The van der Waals surface area contributed by atoms with Crippen LogP contribution in [-0.4, -0.2) is 22.9 Å². The normalized spacial score (nSPS) is 13.4. The molecule has 0 aliphatic heterocycles. The number of hydrogen-bond donors (Lipinski definition) is 2. The van der Waals surface area contributed by atoms with Gasteiger partial charge in [0.25, 0.3) is 0 Å². The number of nitrogens with one attached hydrogen (secondary N) is 1. The first-order valence-corrected chi connectivity index (χ1v) is 5.94. The SMILES string of the molecule is Cc1nn(C)cc1CNCC(CN)C(C)C. The second-order valence-electron chi connectivity index (χ2n) is 4.78. The summed E-state index contributed by atoms with van der Waals surface area (Å²) in [6.07, 6.45) is 2.06. The van der Waals surface area contributed by atoms with Gasteiger partial charge in [-0.25, -0.2) is 0 Å². The van der Waals surface area contributed by atoms with E-state index in [0.29, 0.717) is 11.8 Å². The van der Waals surface area contributed by atoms with E-state index in [2.05, 4.69) is 30.5 Å². The van der Waals surface area contributed by atoms with Crippen molar-refractivity contribution < 1.29 is 0 Å². The molecule has 0 aliphatic carbocycles. The molecule has 92 valence electrons. The molecule has 1 atom stereocenters. The van der Waals surface area contributed by atoms with Gasteiger partial charge >= 0.3 is 0 Å². The van der Waals surface area contributed by atoms with Crippen molar-refractivity contribution in [3.63, 3.8) is 0 Å². The lowest BCUT2D eigenvalue weighted by Gasteiger charge is -2.19. The largest absolute Gasteiger partial charge is 0.330 e. The molecule has 1 aromatic rings. The third-order valence-electron chi connectivity index (χ3n) is 3.08. The molecule has 1 rings (SSSR count). The van der Waals surface area contributed by atoms with Crippen LogP contribution in [0.5, 0.6) is 0 Å². The highest BCUT2D eigenvalue weighted by Crippen LogP contribution is 2.09. The zero-order chi connectivity index (χ0) is 12.1. The minimum atomic E-state index is 0.553. The fourth-order valence-electron chi connectivity index (χ4n) is 1.81. The molecule has 1 aromatic heterocycles. The van der Waals surface area contributed by atoms with Crippen LogP contribution in [0.25, 0.3) is 0 Å². The first-order valence-electron chi connectivity index (χ1n) is 5.94. The van der Waals surface area contributed by atoms with Gasteiger partial charge in [-0.15, -0.1) is 0 Å². The first kappa shape index (κ1) is 13.2. The van der Waals surface area contributed by atoms with Crippen LogP contribution in [-0.2, 0) is 13.6 Å². The smallest absolute Gasteiger partial charge is 0.0638 e. The van der Waals surface area contributed by atoms with Crippen LogP contribution < -0.4 is 11.1 Å². The minimum Gasteiger partial charge on any atom is -0.330 e. The van der Waals surface area contributed by atoms with Crippen molar-refractivity contribution in [1.82, 2.24) is 15.1 Å². The van der Waals surface area contributed by atoms with E-state index in [1.807, 2.05) is 18.7 Å². The van der Waals surface area contributed by atoms with Gasteiger partial charge in [-0.1, -0.05) is 13.8 Å². The van der Waals surface area contributed by atoms with Crippen molar-refractivity contribution >= 4 is 0 Å². The monoisotopic (exact) mass is 224 g/mol. The van der Waals surface area contributed by atoms with Crippen LogP contribution in [0.1, 0.15) is 25.1 Å². The Morgan fingerprint density at radius 2 is 2.19 bits per heavy atom. The minimum absolute atomic E-state index is 0.553. The molecule has 1 unspecified atom stereocenters. The molecule has 0 bridgehead atoms. The van der Waals surface area contributed by atoms with E-state index in [0.717, 1.165) is 25.3 Å². The van der Waals surface area contributed by atoms with Gasteiger partial charge in [0.05, 0.1) is 5.69 Å². The van der Waals surface area contributed by atoms with Crippen LogP contribution in [0.4, 0.5) is 0 Å². The molecule has 0 aliphatic rings. The quantitative estimate of drug-likeness (QED) is 0.759. The van der Waals surface area contributed by atoms with E-state index < -0.39 is 0 Å². The maximum Gasteiger partial charge on any atom is 0.0638 e. The van der Waals surface area contributed by atoms with Crippen molar-refractivity contribution in [2.75, 3.05) is 13.1 Å². The number of nitrogens with two attached hydrogens (primary N) is 1. The van der Waals surface area contributed by atoms with Crippen molar-refractivity contribution in [2.45, 2.75) is 27.3 Å². The number of aryl methyl sites for hydroxylation is 2. The molecule has 1 heterocycles. The summed E-state index contributed by atoms with van der Waals surface area (Å²) in [6, 6.07) is 0. The van der Waals surface area contributed by atoms with Gasteiger partial charge in [0.15, 0.2) is 0 Å². The van der Waals surface area contributed by atoms with E-state index in [4.69, 9.17) is 5.73 Å². The van der Waals surface area contributed by atoms with E-state index in [1.54, 1.807) is 0 Å². The van der Waals surface area contributed by atoms with Crippen molar-refractivity contribution in [1.29, 1.82) is 0 Å². The van der Waals surface area contributed by atoms with Crippen LogP contribution in [0.3, 0.4) is 0 Å². The molecule has 0 radical (unpaired) electrons. The zero-order valence-corrected chi connectivity index (χ0v) is 10.8. The van der Waals surface area contributed by atoms with Gasteiger partial charge in [0.1, 0.15) is 0 Å². The Balaban J connectivity index is 2.38. The van der Waals surface area contributed by atoms with E-state index in [9.17, 15) is 0 Å². The van der Waals surface area contributed by atoms with Crippen LogP contribution >= 0.6 is 0 Å². The maximum atomic E-state index is 5.73. The van der Waals surface area contributed by atoms with E-state index in [1.165, 1.54) is 5.56 Å². The highest BCUT2D eigenvalue weighted by Gasteiger charge is 2.11. The van der Waals surface area contributed by atoms with Crippen LogP contribution in [0, 0.1) is 18.8 Å². The molecule has 0 amide bonds. The average Bonchev–Trinajstić information content (AvgIpc) is 2.52. The summed E-state index contributed by atoms with van der Waals surface area (Å²) >= 11 is 0. The van der Waals surface area contributed by atoms with Gasteiger partial charge in [-0.05, 0) is 31.8 Å². The second kappa shape index (κ2) is 6.01. The van der Waals surface area contributed by atoms with Crippen LogP contribution in [0.2, 0.25) is 0 Å². The molecule has 0 spiro atoms. The number of rotatable bonds is 6. The summed E-state index contributed by atoms with van der Waals surface area (Å²) in [5.41, 5.74) is 8.10. The Kier molecular flexibility index (Phi) is 4.96. The fraction of sp³-hybridized carbons (Fsp3) is 0.750. The highest BCUT2D eigenvalue weighted by molar-refractivity contribution is 5.14. The fourth-order valence-corrected chi connectivity index (χ4v) is 1.81. The molecule has 0 saturated heterocycles. The van der Waals surface area contributed by atoms with E-state index >= 15 is 0 Å². The van der Waals surface area contributed by atoms with Gasteiger partial charge < -0.3 is 11.1 Å². The molecule has 0 fully saturated rings. The third-order valence-corrected chi connectivity index (χ3v) is 3.08. The average molecular weight is 224 g/mol. The zero-order valence-electron chi connectivity index (χ0n) is 10.8. The van der Waals surface area contributed by atoms with Gasteiger partial charge in [-0.2, -0.15) is 5.10 Å². The summed E-state index contributed by atoms with van der Waals surface area (Å²) < 4.78 is 1.86. The Bertz CT molecular complexity index is 317. The number of aromatic nitrogens is 2. The molecular formula is C12H24N4. The summed E-state index contributed by atoms with van der Waals surface area (Å²) in [5.74, 6) is 1.18. The van der Waals surface area contributed by atoms with Gasteiger partial charge in [-0.3, -0.25) is 4.68 Å². The van der Waals surface area contributed by atoms with Crippen molar-refractivity contribution in [2.24, 2.45) is 24.6 Å². The Morgan fingerprint density at radius 3 is 2.62 bits per heavy atom. The summed E-state index contributed by atoms with van der Waals surface area (Å²) in [6.45, 7) is 9.07. The molecule has 3 N–H and O–H groups in total. The molecule has 0 aromatic carbocycles. The molecule has 0 saturated carbocycles. The lowest BCUT2D eigenvalue weighted by atomic mass is 9.96. The van der Waals surface area contributed by atoms with Gasteiger partial charge in [0, 0.05) is 25.4 Å². The van der Waals surface area contributed by atoms with Crippen molar-refractivity contribution in [3.05, 3.63) is 17.5 Å². The maximum absolute atomic E-state index is 5.73. The summed E-state index contributed by atoms with van der Waals surface area (Å²) in [4.78, 5) is 0. The predicted molar refractivity (Wildman–Crippen MR) is 67.0 cm³/mol. The Morgan fingerprint density at radius 1 is 1.50 bits per heavy atom. The first-order chi connectivity index (χ1) is 7.54. The Labute approximate surface area is 98.2 Å².